The van der Waals surface area contributed by atoms with Crippen LogP contribution in [0.25, 0.3) is 0 Å². The number of guanidine groups is 1. The zero-order chi connectivity index (χ0) is 17.5. The molecule has 0 spiro atoms. The van der Waals surface area contributed by atoms with Gasteiger partial charge in [0.2, 0.25) is 0 Å². The van der Waals surface area contributed by atoms with Gasteiger partial charge >= 0.3 is 0 Å². The van der Waals surface area contributed by atoms with Crippen molar-refractivity contribution < 1.29 is 4.74 Å². The number of hydrogen-bond acceptors (Lipinski definition) is 3. The van der Waals surface area contributed by atoms with Gasteiger partial charge in [-0.1, -0.05) is 25.4 Å². The highest BCUT2D eigenvalue weighted by Gasteiger charge is 2.22. The van der Waals surface area contributed by atoms with E-state index in [1.807, 2.05) is 12.1 Å². The van der Waals surface area contributed by atoms with E-state index in [1.54, 1.807) is 13.2 Å². The van der Waals surface area contributed by atoms with Gasteiger partial charge in [0.25, 0.3) is 0 Å². The second-order valence-corrected chi connectivity index (χ2v) is 7.13. The maximum atomic E-state index is 6.13. The Labute approximate surface area is 150 Å². The van der Waals surface area contributed by atoms with Crippen LogP contribution in [-0.4, -0.2) is 43.6 Å². The molecule has 1 atom stereocenters. The van der Waals surface area contributed by atoms with Crippen molar-refractivity contribution >= 4 is 23.2 Å². The summed E-state index contributed by atoms with van der Waals surface area (Å²) in [6, 6.07) is 5.94. The molecule has 1 saturated heterocycles. The minimum atomic E-state index is 0.421. The predicted molar refractivity (Wildman–Crippen MR) is 102 cm³/mol. The third kappa shape index (κ3) is 5.56. The Morgan fingerprint density at radius 1 is 1.38 bits per heavy atom. The molecule has 6 heteroatoms. The minimum Gasteiger partial charge on any atom is -0.495 e. The third-order valence-corrected chi connectivity index (χ3v) is 4.59. The van der Waals surface area contributed by atoms with Gasteiger partial charge in [-0.25, -0.2) is 0 Å². The topological polar surface area (TPSA) is 62.9 Å². The van der Waals surface area contributed by atoms with Crippen LogP contribution in [-0.2, 0) is 0 Å². The van der Waals surface area contributed by atoms with Crippen molar-refractivity contribution in [2.45, 2.75) is 39.2 Å². The van der Waals surface area contributed by atoms with Gasteiger partial charge in [-0.05, 0) is 56.5 Å². The van der Waals surface area contributed by atoms with E-state index in [2.05, 4.69) is 29.1 Å². The first-order valence-corrected chi connectivity index (χ1v) is 9.02. The molecule has 134 valence electrons. The first-order valence-electron chi connectivity index (χ1n) is 8.64. The second-order valence-electron chi connectivity index (χ2n) is 6.73. The van der Waals surface area contributed by atoms with Gasteiger partial charge in [-0.3, -0.25) is 9.89 Å². The third-order valence-electron chi connectivity index (χ3n) is 4.30. The largest absolute Gasteiger partial charge is 0.495 e. The summed E-state index contributed by atoms with van der Waals surface area (Å²) in [6.07, 6.45) is 3.72. The molecule has 1 heterocycles. The van der Waals surface area contributed by atoms with Crippen LogP contribution < -0.4 is 15.8 Å². The fourth-order valence-corrected chi connectivity index (χ4v) is 3.38. The van der Waals surface area contributed by atoms with Crippen molar-refractivity contribution in [1.82, 2.24) is 4.90 Å². The molecule has 0 aromatic heterocycles. The number of methoxy groups -OCH3 is 1. The molecule has 0 amide bonds. The molecule has 0 aliphatic carbocycles. The Hall–Kier alpha value is -1.46. The summed E-state index contributed by atoms with van der Waals surface area (Å²) in [5.41, 5.74) is 6.86. The molecule has 1 aliphatic rings. The number of aliphatic imine (C=N–C) groups is 1. The van der Waals surface area contributed by atoms with Crippen molar-refractivity contribution in [2.75, 3.05) is 32.1 Å². The van der Waals surface area contributed by atoms with E-state index in [0.29, 0.717) is 28.7 Å². The monoisotopic (exact) mass is 352 g/mol. The van der Waals surface area contributed by atoms with Crippen LogP contribution in [0.3, 0.4) is 0 Å². The number of ether oxygens (including phenoxy) is 1. The van der Waals surface area contributed by atoms with E-state index in [9.17, 15) is 0 Å². The van der Waals surface area contributed by atoms with Gasteiger partial charge in [0.05, 0.1) is 18.7 Å². The Bertz CT molecular complexity index is 556. The summed E-state index contributed by atoms with van der Waals surface area (Å²) in [7, 11) is 1.59. The Morgan fingerprint density at radius 3 is 2.67 bits per heavy atom. The quantitative estimate of drug-likeness (QED) is 0.581. The van der Waals surface area contributed by atoms with Crippen molar-refractivity contribution in [3.05, 3.63) is 23.2 Å². The van der Waals surface area contributed by atoms with Crippen LogP contribution >= 0.6 is 11.6 Å². The number of anilines is 1. The van der Waals surface area contributed by atoms with Gasteiger partial charge in [-0.15, -0.1) is 0 Å². The maximum absolute atomic E-state index is 6.13. The summed E-state index contributed by atoms with van der Waals surface area (Å²) < 4.78 is 5.15. The molecule has 1 aromatic rings. The Kier molecular flexibility index (Phi) is 7.18. The lowest BCUT2D eigenvalue weighted by molar-refractivity contribution is 0.218. The first-order chi connectivity index (χ1) is 11.5. The van der Waals surface area contributed by atoms with Crippen molar-refractivity contribution in [3.8, 4) is 5.75 Å². The standard InChI is InChI=1S/C18H29ClN4O/c1-13(2)10-15(23-8-4-5-9-23)12-21-18(20)22-14-6-7-17(24-3)16(19)11-14/h6-7,11,13,15H,4-5,8-10,12H2,1-3H3,(H3,20,21,22). The van der Waals surface area contributed by atoms with E-state index in [0.717, 1.165) is 18.7 Å². The van der Waals surface area contributed by atoms with Crippen molar-refractivity contribution in [2.24, 2.45) is 16.6 Å². The molecule has 5 nitrogen and oxygen atoms in total. The van der Waals surface area contributed by atoms with Crippen LogP contribution in [0.4, 0.5) is 5.69 Å². The molecular weight excluding hydrogens is 324 g/mol. The summed E-state index contributed by atoms with van der Waals surface area (Å²) >= 11 is 6.13. The molecular formula is C18H29ClN4O. The number of halogens is 1. The zero-order valence-electron chi connectivity index (χ0n) is 14.9. The predicted octanol–water partition coefficient (Wildman–Crippen LogP) is 3.59. The Morgan fingerprint density at radius 2 is 2.08 bits per heavy atom. The highest BCUT2D eigenvalue weighted by molar-refractivity contribution is 6.32. The average molecular weight is 353 g/mol. The lowest BCUT2D eigenvalue weighted by Crippen LogP contribution is -2.37. The lowest BCUT2D eigenvalue weighted by atomic mass is 10.0. The number of likely N-dealkylation sites (tertiary alicyclic amines) is 1. The number of hydrogen-bond donors (Lipinski definition) is 2. The van der Waals surface area contributed by atoms with Crippen LogP contribution in [0, 0.1) is 5.92 Å². The molecule has 2 rings (SSSR count). The molecule has 1 aliphatic heterocycles. The first kappa shape index (κ1) is 18.9. The van der Waals surface area contributed by atoms with Gasteiger partial charge in [-0.2, -0.15) is 0 Å². The van der Waals surface area contributed by atoms with Gasteiger partial charge in [0.1, 0.15) is 5.75 Å². The maximum Gasteiger partial charge on any atom is 0.193 e. The number of nitrogens with zero attached hydrogens (tertiary/aromatic N) is 2. The molecule has 24 heavy (non-hydrogen) atoms. The number of benzene rings is 1. The number of nitrogens with two attached hydrogens (primary N) is 1. The summed E-state index contributed by atoms with van der Waals surface area (Å²) in [6.45, 7) is 7.59. The fourth-order valence-electron chi connectivity index (χ4n) is 3.13. The fraction of sp³-hybridized carbons (Fsp3) is 0.611. The smallest absolute Gasteiger partial charge is 0.193 e. The van der Waals surface area contributed by atoms with Crippen LogP contribution in [0.5, 0.6) is 5.75 Å². The molecule has 1 fully saturated rings. The molecule has 1 aromatic carbocycles. The minimum absolute atomic E-state index is 0.421. The van der Waals surface area contributed by atoms with E-state index in [4.69, 9.17) is 22.1 Å². The molecule has 1 unspecified atom stereocenters. The second kappa shape index (κ2) is 9.14. The van der Waals surface area contributed by atoms with E-state index in [-0.39, 0.29) is 0 Å². The van der Waals surface area contributed by atoms with E-state index in [1.165, 1.54) is 25.9 Å². The van der Waals surface area contributed by atoms with Gasteiger partial charge in [0.15, 0.2) is 5.96 Å². The highest BCUT2D eigenvalue weighted by Crippen LogP contribution is 2.27. The number of rotatable bonds is 7. The zero-order valence-corrected chi connectivity index (χ0v) is 15.6. The van der Waals surface area contributed by atoms with Crippen LogP contribution in [0.1, 0.15) is 33.1 Å². The lowest BCUT2D eigenvalue weighted by Gasteiger charge is -2.27. The van der Waals surface area contributed by atoms with Gasteiger partial charge in [0, 0.05) is 11.7 Å². The van der Waals surface area contributed by atoms with Crippen molar-refractivity contribution in [3.63, 3.8) is 0 Å². The molecule has 0 saturated carbocycles. The van der Waals surface area contributed by atoms with Crippen molar-refractivity contribution in [1.29, 1.82) is 0 Å². The Balaban J connectivity index is 1.96. The molecule has 3 N–H and O–H groups in total. The average Bonchev–Trinajstić information content (AvgIpc) is 3.05. The summed E-state index contributed by atoms with van der Waals surface area (Å²) in [4.78, 5) is 7.10. The molecule has 0 radical (unpaired) electrons. The summed E-state index contributed by atoms with van der Waals surface area (Å²) in [5, 5.41) is 3.65. The summed E-state index contributed by atoms with van der Waals surface area (Å²) in [5.74, 6) is 1.72. The van der Waals surface area contributed by atoms with E-state index < -0.39 is 0 Å². The van der Waals surface area contributed by atoms with Gasteiger partial charge < -0.3 is 15.8 Å². The molecule has 0 bridgehead atoms. The SMILES string of the molecule is COc1ccc(NC(N)=NCC(CC(C)C)N2CCCC2)cc1Cl. The van der Waals surface area contributed by atoms with Crippen LogP contribution in [0.15, 0.2) is 23.2 Å². The normalized spacial score (nSPS) is 17.3. The number of nitrogens with one attached hydrogen (secondary N) is 1. The van der Waals surface area contributed by atoms with Crippen LogP contribution in [0.2, 0.25) is 5.02 Å². The van der Waals surface area contributed by atoms with E-state index >= 15 is 0 Å². The highest BCUT2D eigenvalue weighted by atomic mass is 35.5.